The van der Waals surface area contributed by atoms with Crippen molar-refractivity contribution < 1.29 is 18.0 Å². The van der Waals surface area contributed by atoms with Gasteiger partial charge in [0.2, 0.25) is 0 Å². The summed E-state index contributed by atoms with van der Waals surface area (Å²) in [6.07, 6.45) is -3.44. The number of amides is 1. The third-order valence-electron chi connectivity index (χ3n) is 2.83. The average Bonchev–Trinajstić information content (AvgIpc) is 2.93. The van der Waals surface area contributed by atoms with E-state index in [0.717, 1.165) is 27.0 Å². The van der Waals surface area contributed by atoms with Crippen molar-refractivity contribution in [3.05, 3.63) is 52.3 Å². The summed E-state index contributed by atoms with van der Waals surface area (Å²) >= 11 is 3.33. The summed E-state index contributed by atoms with van der Waals surface area (Å²) in [7, 11) is 0. The Morgan fingerprint density at radius 2 is 2.13 bits per heavy atom. The second-order valence-electron chi connectivity index (χ2n) is 4.64. The SMILES string of the molecule is C/C(=N\NC(=O)Cn1ccc(C(F)(F)F)n1)c1cccc(Br)c1. The fourth-order valence-corrected chi connectivity index (χ4v) is 2.11. The van der Waals surface area contributed by atoms with Crippen LogP contribution in [0.2, 0.25) is 0 Å². The van der Waals surface area contributed by atoms with E-state index >= 15 is 0 Å². The topological polar surface area (TPSA) is 59.3 Å². The third-order valence-corrected chi connectivity index (χ3v) is 3.32. The molecule has 0 aliphatic heterocycles. The molecule has 9 heteroatoms. The Bertz CT molecular complexity index is 740. The van der Waals surface area contributed by atoms with Crippen LogP contribution in [-0.4, -0.2) is 21.4 Å². The predicted octanol–water partition coefficient (Wildman–Crippen LogP) is 3.20. The van der Waals surface area contributed by atoms with Crippen LogP contribution >= 0.6 is 15.9 Å². The molecule has 0 radical (unpaired) electrons. The van der Waals surface area contributed by atoms with Gasteiger partial charge in [-0.05, 0) is 30.7 Å². The molecule has 0 saturated carbocycles. The highest BCUT2D eigenvalue weighted by atomic mass is 79.9. The van der Waals surface area contributed by atoms with E-state index in [2.05, 4.69) is 31.6 Å². The molecule has 0 aliphatic rings. The van der Waals surface area contributed by atoms with Crippen LogP contribution < -0.4 is 5.43 Å². The van der Waals surface area contributed by atoms with Crippen LogP contribution in [0.25, 0.3) is 0 Å². The molecule has 5 nitrogen and oxygen atoms in total. The van der Waals surface area contributed by atoms with Gasteiger partial charge in [-0.1, -0.05) is 28.1 Å². The maximum absolute atomic E-state index is 12.4. The Kier molecular flexibility index (Phi) is 5.19. The van der Waals surface area contributed by atoms with Crippen LogP contribution in [0.15, 0.2) is 46.1 Å². The molecule has 0 bridgehead atoms. The number of carbonyl (C=O) groups excluding carboxylic acids is 1. The number of benzene rings is 1. The van der Waals surface area contributed by atoms with E-state index in [1.807, 2.05) is 24.3 Å². The first-order valence-electron chi connectivity index (χ1n) is 6.45. The molecule has 2 rings (SSSR count). The molecule has 1 N–H and O–H groups in total. The van der Waals surface area contributed by atoms with Gasteiger partial charge in [-0.25, -0.2) is 5.43 Å². The number of alkyl halides is 3. The molecule has 0 spiro atoms. The predicted molar refractivity (Wildman–Crippen MR) is 81.7 cm³/mol. The Hall–Kier alpha value is -2.16. The minimum Gasteiger partial charge on any atom is -0.271 e. The Morgan fingerprint density at radius 1 is 1.39 bits per heavy atom. The molecular weight excluding hydrogens is 377 g/mol. The van der Waals surface area contributed by atoms with Gasteiger partial charge in [0.15, 0.2) is 5.69 Å². The zero-order valence-electron chi connectivity index (χ0n) is 11.9. The Labute approximate surface area is 138 Å². The fourth-order valence-electron chi connectivity index (χ4n) is 1.71. The van der Waals surface area contributed by atoms with Crippen molar-refractivity contribution in [2.75, 3.05) is 0 Å². The van der Waals surface area contributed by atoms with Crippen molar-refractivity contribution >= 4 is 27.5 Å². The quantitative estimate of drug-likeness (QED) is 0.645. The maximum Gasteiger partial charge on any atom is 0.435 e. The van der Waals surface area contributed by atoms with Crippen LogP contribution in [0.1, 0.15) is 18.2 Å². The summed E-state index contributed by atoms with van der Waals surface area (Å²) in [5, 5.41) is 7.21. The molecule has 1 amide bonds. The largest absolute Gasteiger partial charge is 0.435 e. The smallest absolute Gasteiger partial charge is 0.271 e. The van der Waals surface area contributed by atoms with Crippen molar-refractivity contribution in [1.82, 2.24) is 15.2 Å². The summed E-state index contributed by atoms with van der Waals surface area (Å²) in [6.45, 7) is 1.35. The molecule has 122 valence electrons. The molecule has 1 heterocycles. The van der Waals surface area contributed by atoms with Crippen molar-refractivity contribution in [1.29, 1.82) is 0 Å². The van der Waals surface area contributed by atoms with Gasteiger partial charge < -0.3 is 0 Å². The molecule has 0 aliphatic carbocycles. The van der Waals surface area contributed by atoms with E-state index in [0.29, 0.717) is 5.71 Å². The average molecular weight is 389 g/mol. The lowest BCUT2D eigenvalue weighted by Gasteiger charge is -2.04. The summed E-state index contributed by atoms with van der Waals surface area (Å²) in [5.74, 6) is -0.573. The summed E-state index contributed by atoms with van der Waals surface area (Å²) < 4.78 is 39.0. The van der Waals surface area contributed by atoms with Gasteiger partial charge in [-0.3, -0.25) is 9.48 Å². The van der Waals surface area contributed by atoms with Crippen LogP contribution in [-0.2, 0) is 17.5 Å². The van der Waals surface area contributed by atoms with Crippen LogP contribution in [0.5, 0.6) is 0 Å². The molecule has 1 aromatic carbocycles. The normalized spacial score (nSPS) is 12.3. The highest BCUT2D eigenvalue weighted by molar-refractivity contribution is 9.10. The summed E-state index contributed by atoms with van der Waals surface area (Å²) in [5.41, 5.74) is 2.62. The Morgan fingerprint density at radius 3 is 2.74 bits per heavy atom. The standard InChI is InChI=1S/C14H12BrF3N4O/c1-9(10-3-2-4-11(15)7-10)19-20-13(23)8-22-6-5-12(21-22)14(16,17)18/h2-7H,8H2,1H3,(H,20,23)/b19-9+. The Balaban J connectivity index is 1.97. The van der Waals surface area contributed by atoms with Gasteiger partial charge in [0.25, 0.3) is 5.91 Å². The third kappa shape index (κ3) is 4.92. The number of nitrogens with one attached hydrogen (secondary N) is 1. The maximum atomic E-state index is 12.4. The number of hydrogen-bond acceptors (Lipinski definition) is 3. The number of hydrazone groups is 1. The number of aromatic nitrogens is 2. The van der Waals surface area contributed by atoms with Crippen LogP contribution in [0.3, 0.4) is 0 Å². The first kappa shape index (κ1) is 17.2. The van der Waals surface area contributed by atoms with E-state index in [1.54, 1.807) is 6.92 Å². The van der Waals surface area contributed by atoms with Crippen LogP contribution in [0, 0.1) is 0 Å². The zero-order chi connectivity index (χ0) is 17.0. The van der Waals surface area contributed by atoms with E-state index < -0.39 is 17.8 Å². The minimum atomic E-state index is -4.53. The molecule has 0 fully saturated rings. The second kappa shape index (κ2) is 6.95. The number of halogens is 4. The molecule has 23 heavy (non-hydrogen) atoms. The minimum absolute atomic E-state index is 0.356. The van der Waals surface area contributed by atoms with Crippen molar-refractivity contribution in [2.24, 2.45) is 5.10 Å². The van der Waals surface area contributed by atoms with Crippen molar-refractivity contribution in [3.63, 3.8) is 0 Å². The van der Waals surface area contributed by atoms with Crippen LogP contribution in [0.4, 0.5) is 13.2 Å². The monoisotopic (exact) mass is 388 g/mol. The van der Waals surface area contributed by atoms with Gasteiger partial charge >= 0.3 is 6.18 Å². The number of rotatable bonds is 4. The first-order chi connectivity index (χ1) is 10.8. The number of hydrogen-bond donors (Lipinski definition) is 1. The summed E-state index contributed by atoms with van der Waals surface area (Å²) in [4.78, 5) is 11.7. The number of nitrogens with zero attached hydrogens (tertiary/aromatic N) is 3. The molecule has 1 aromatic heterocycles. The molecular formula is C14H12BrF3N4O. The van der Waals surface area contributed by atoms with Gasteiger partial charge in [0, 0.05) is 10.7 Å². The van der Waals surface area contributed by atoms with Gasteiger partial charge in [-0.15, -0.1) is 0 Å². The van der Waals surface area contributed by atoms with E-state index in [4.69, 9.17) is 0 Å². The van der Waals surface area contributed by atoms with E-state index in [9.17, 15) is 18.0 Å². The van der Waals surface area contributed by atoms with Crippen molar-refractivity contribution in [2.45, 2.75) is 19.6 Å². The second-order valence-corrected chi connectivity index (χ2v) is 5.55. The number of carbonyl (C=O) groups is 1. The zero-order valence-corrected chi connectivity index (χ0v) is 13.5. The molecule has 0 saturated heterocycles. The van der Waals surface area contributed by atoms with E-state index in [1.165, 1.54) is 0 Å². The van der Waals surface area contributed by atoms with Gasteiger partial charge in [0.1, 0.15) is 6.54 Å². The van der Waals surface area contributed by atoms with Crippen molar-refractivity contribution in [3.8, 4) is 0 Å². The lowest BCUT2D eigenvalue weighted by atomic mass is 10.1. The molecule has 2 aromatic rings. The fraction of sp³-hybridized carbons (Fsp3) is 0.214. The van der Waals surface area contributed by atoms with E-state index in [-0.39, 0.29) is 6.54 Å². The van der Waals surface area contributed by atoms with Gasteiger partial charge in [0.05, 0.1) is 5.71 Å². The lowest BCUT2D eigenvalue weighted by molar-refractivity contribution is -0.141. The molecule has 0 atom stereocenters. The first-order valence-corrected chi connectivity index (χ1v) is 7.25. The highest BCUT2D eigenvalue weighted by Crippen LogP contribution is 2.27. The van der Waals surface area contributed by atoms with Gasteiger partial charge in [-0.2, -0.15) is 23.4 Å². The molecule has 0 unspecified atom stereocenters. The highest BCUT2D eigenvalue weighted by Gasteiger charge is 2.33. The lowest BCUT2D eigenvalue weighted by Crippen LogP contribution is -2.24. The summed E-state index contributed by atoms with van der Waals surface area (Å²) in [6, 6.07) is 8.13.